The number of hydrogen-bond donors (Lipinski definition) is 1. The zero-order chi connectivity index (χ0) is 13.2. The lowest BCUT2D eigenvalue weighted by molar-refractivity contribution is 0.00467. The van der Waals surface area contributed by atoms with Gasteiger partial charge < -0.3 is 15.4 Å². The second kappa shape index (κ2) is 7.01. The van der Waals surface area contributed by atoms with E-state index in [2.05, 4.69) is 4.99 Å². The van der Waals surface area contributed by atoms with Gasteiger partial charge in [0.25, 0.3) is 0 Å². The number of nitrogens with two attached hydrogens (primary N) is 1. The molecule has 1 aliphatic carbocycles. The van der Waals surface area contributed by atoms with Crippen LogP contribution in [0.5, 0.6) is 0 Å². The molecule has 2 N–H and O–H groups in total. The van der Waals surface area contributed by atoms with Gasteiger partial charge in [-0.25, -0.2) is 8.78 Å². The van der Waals surface area contributed by atoms with Gasteiger partial charge >= 0.3 is 0 Å². The second-order valence-corrected chi connectivity index (χ2v) is 5.29. The quantitative estimate of drug-likeness (QED) is 0.447. The van der Waals surface area contributed by atoms with Gasteiger partial charge in [0.05, 0.1) is 12.7 Å². The minimum Gasteiger partial charge on any atom is -0.375 e. The minimum absolute atomic E-state index is 0. The molecule has 4 nitrogen and oxygen atoms in total. The summed E-state index contributed by atoms with van der Waals surface area (Å²) >= 11 is 0. The van der Waals surface area contributed by atoms with Gasteiger partial charge in [-0.1, -0.05) is 0 Å². The van der Waals surface area contributed by atoms with Crippen molar-refractivity contribution in [2.24, 2.45) is 16.6 Å². The number of alkyl halides is 2. The van der Waals surface area contributed by atoms with Gasteiger partial charge in [0.15, 0.2) is 5.96 Å². The molecule has 1 saturated carbocycles. The first kappa shape index (κ1) is 16.9. The fourth-order valence-corrected chi connectivity index (χ4v) is 2.55. The van der Waals surface area contributed by atoms with Crippen LogP contribution in [0, 0.1) is 5.92 Å². The van der Waals surface area contributed by atoms with E-state index in [9.17, 15) is 8.78 Å². The van der Waals surface area contributed by atoms with E-state index in [1.54, 1.807) is 0 Å². The second-order valence-electron chi connectivity index (χ2n) is 5.29. The van der Waals surface area contributed by atoms with Crippen molar-refractivity contribution in [3.05, 3.63) is 0 Å². The molecule has 0 aromatic heterocycles. The van der Waals surface area contributed by atoms with E-state index in [1.807, 2.05) is 11.8 Å². The average molecular weight is 389 g/mol. The molecule has 0 amide bonds. The molecule has 2 aliphatic rings. The Morgan fingerprint density at radius 1 is 1.53 bits per heavy atom. The Kier molecular flexibility index (Phi) is 6.22. The molecule has 7 heteroatoms. The van der Waals surface area contributed by atoms with Crippen LogP contribution in [0.1, 0.15) is 26.2 Å². The molecule has 2 fully saturated rings. The molecule has 0 aromatic carbocycles. The lowest BCUT2D eigenvalue weighted by atomic mass is 10.1. The zero-order valence-electron chi connectivity index (χ0n) is 11.1. The lowest BCUT2D eigenvalue weighted by Crippen LogP contribution is -2.48. The third-order valence-electron chi connectivity index (χ3n) is 3.58. The predicted octanol–water partition coefficient (Wildman–Crippen LogP) is 2.08. The fraction of sp³-hybridized carbons (Fsp3) is 0.917. The molecule has 1 aliphatic heterocycles. The van der Waals surface area contributed by atoms with Crippen LogP contribution in [-0.2, 0) is 4.74 Å². The third-order valence-corrected chi connectivity index (χ3v) is 3.58. The van der Waals surface area contributed by atoms with Crippen LogP contribution in [0.3, 0.4) is 0 Å². The zero-order valence-corrected chi connectivity index (χ0v) is 13.5. The summed E-state index contributed by atoms with van der Waals surface area (Å²) in [7, 11) is 0. The summed E-state index contributed by atoms with van der Waals surface area (Å²) < 4.78 is 31.4. The maximum atomic E-state index is 13.0. The number of hydrogen-bond acceptors (Lipinski definition) is 2. The number of ether oxygens (including phenoxy) is 1. The van der Waals surface area contributed by atoms with Crippen LogP contribution >= 0.6 is 24.0 Å². The molecule has 19 heavy (non-hydrogen) atoms. The van der Waals surface area contributed by atoms with E-state index >= 15 is 0 Å². The van der Waals surface area contributed by atoms with E-state index < -0.39 is 5.92 Å². The first-order valence-electron chi connectivity index (χ1n) is 6.50. The summed E-state index contributed by atoms with van der Waals surface area (Å²) in [6, 6.07) is 0. The molecular formula is C12H22F2IN3O. The van der Waals surface area contributed by atoms with Gasteiger partial charge in [-0.05, 0) is 19.3 Å². The molecule has 2 unspecified atom stereocenters. The molecule has 1 heterocycles. The lowest BCUT2D eigenvalue weighted by Gasteiger charge is -2.32. The van der Waals surface area contributed by atoms with Crippen molar-refractivity contribution < 1.29 is 13.5 Å². The van der Waals surface area contributed by atoms with Gasteiger partial charge in [0, 0.05) is 32.5 Å². The van der Waals surface area contributed by atoms with Crippen molar-refractivity contribution in [1.29, 1.82) is 0 Å². The topological polar surface area (TPSA) is 50.8 Å². The molecule has 2 atom stereocenters. The molecule has 1 saturated heterocycles. The summed E-state index contributed by atoms with van der Waals surface area (Å²) in [5.41, 5.74) is 5.89. The molecule has 0 bridgehead atoms. The maximum absolute atomic E-state index is 13.0. The first-order chi connectivity index (χ1) is 8.46. The predicted molar refractivity (Wildman–Crippen MR) is 81.2 cm³/mol. The van der Waals surface area contributed by atoms with E-state index in [-0.39, 0.29) is 48.8 Å². The Morgan fingerprint density at radius 3 is 2.84 bits per heavy atom. The number of aliphatic imine (C=N–C) groups is 1. The third kappa shape index (κ3) is 5.02. The fourth-order valence-electron chi connectivity index (χ4n) is 2.55. The van der Waals surface area contributed by atoms with Crippen LogP contribution < -0.4 is 5.73 Å². The summed E-state index contributed by atoms with van der Waals surface area (Å²) in [4.78, 5) is 6.22. The van der Waals surface area contributed by atoms with Crippen molar-refractivity contribution in [3.63, 3.8) is 0 Å². The molecule has 0 radical (unpaired) electrons. The summed E-state index contributed by atoms with van der Waals surface area (Å²) in [5, 5.41) is 0. The Balaban J connectivity index is 0.00000180. The first-order valence-corrected chi connectivity index (χ1v) is 6.50. The van der Waals surface area contributed by atoms with Crippen LogP contribution in [0.25, 0.3) is 0 Å². The minimum atomic E-state index is -2.50. The highest BCUT2D eigenvalue weighted by Gasteiger charge is 2.39. The summed E-state index contributed by atoms with van der Waals surface area (Å²) in [6.45, 7) is 4.47. The standard InChI is InChI=1S/C12H21F2N3O.HI/c1-9-8-17(4-5-18-9)11(15)16-7-10-2-3-12(13,14)6-10;/h9-10H,2-8H2,1H3,(H2,15,16);1H. The van der Waals surface area contributed by atoms with Gasteiger partial charge in [-0.3, -0.25) is 4.99 Å². The van der Waals surface area contributed by atoms with Crippen LogP contribution in [0.4, 0.5) is 8.78 Å². The van der Waals surface area contributed by atoms with Crippen LogP contribution in [0.2, 0.25) is 0 Å². The Bertz CT molecular complexity index is 328. The van der Waals surface area contributed by atoms with Crippen molar-refractivity contribution in [2.45, 2.75) is 38.2 Å². The van der Waals surface area contributed by atoms with Crippen molar-refractivity contribution in [3.8, 4) is 0 Å². The van der Waals surface area contributed by atoms with E-state index in [0.29, 0.717) is 25.5 Å². The smallest absolute Gasteiger partial charge is 0.248 e. The Morgan fingerprint density at radius 2 is 2.26 bits per heavy atom. The maximum Gasteiger partial charge on any atom is 0.248 e. The normalized spacial score (nSPS) is 31.1. The molecule has 2 rings (SSSR count). The Labute approximate surface area is 129 Å². The van der Waals surface area contributed by atoms with Crippen molar-refractivity contribution >= 4 is 29.9 Å². The van der Waals surface area contributed by atoms with E-state index in [1.165, 1.54) is 0 Å². The highest BCUT2D eigenvalue weighted by atomic mass is 127. The SMILES string of the molecule is CC1CN(C(N)=NCC2CCC(F)(F)C2)CCO1.I. The average Bonchev–Trinajstić information content (AvgIpc) is 2.66. The highest BCUT2D eigenvalue weighted by Crippen LogP contribution is 2.38. The molecule has 0 spiro atoms. The summed E-state index contributed by atoms with van der Waals surface area (Å²) in [6.07, 6.45) is 0.622. The van der Waals surface area contributed by atoms with Gasteiger partial charge in [0.1, 0.15) is 0 Å². The monoisotopic (exact) mass is 389 g/mol. The van der Waals surface area contributed by atoms with E-state index in [0.717, 1.165) is 13.1 Å². The van der Waals surface area contributed by atoms with Gasteiger partial charge in [0.2, 0.25) is 5.92 Å². The number of rotatable bonds is 2. The highest BCUT2D eigenvalue weighted by molar-refractivity contribution is 14.0. The molecule has 0 aromatic rings. The van der Waals surface area contributed by atoms with Crippen LogP contribution in [0.15, 0.2) is 4.99 Å². The van der Waals surface area contributed by atoms with Crippen molar-refractivity contribution in [2.75, 3.05) is 26.2 Å². The number of nitrogens with zero attached hydrogens (tertiary/aromatic N) is 2. The Hall–Kier alpha value is -0.180. The van der Waals surface area contributed by atoms with Gasteiger partial charge in [-0.2, -0.15) is 0 Å². The largest absolute Gasteiger partial charge is 0.375 e. The number of halogens is 3. The van der Waals surface area contributed by atoms with Crippen LogP contribution in [-0.4, -0.2) is 49.1 Å². The number of guanidine groups is 1. The van der Waals surface area contributed by atoms with Crippen molar-refractivity contribution in [1.82, 2.24) is 4.90 Å². The number of morpholine rings is 1. The van der Waals surface area contributed by atoms with E-state index in [4.69, 9.17) is 10.5 Å². The van der Waals surface area contributed by atoms with Gasteiger partial charge in [-0.15, -0.1) is 24.0 Å². The summed E-state index contributed by atoms with van der Waals surface area (Å²) in [5.74, 6) is -2.07. The molecular weight excluding hydrogens is 367 g/mol. The molecule has 112 valence electrons.